The van der Waals surface area contributed by atoms with Crippen LogP contribution in [0.15, 0.2) is 82.2 Å². The van der Waals surface area contributed by atoms with E-state index < -0.39 is 5.25 Å². The molecule has 0 aromatic heterocycles. The number of anilines is 2. The topological polar surface area (TPSA) is 75.7 Å². The molecular formula is C24H19BrN2O4S. The number of nitrogens with one attached hydrogen (secondary N) is 1. The van der Waals surface area contributed by atoms with Gasteiger partial charge in [0, 0.05) is 27.0 Å². The average Bonchev–Trinajstić information content (AvgIpc) is 3.08. The van der Waals surface area contributed by atoms with Gasteiger partial charge in [-0.25, -0.2) is 4.90 Å². The van der Waals surface area contributed by atoms with E-state index in [9.17, 15) is 14.4 Å². The summed E-state index contributed by atoms with van der Waals surface area (Å²) in [4.78, 5) is 39.8. The number of thioether (sulfide) groups is 1. The third-order valence-electron chi connectivity index (χ3n) is 4.93. The van der Waals surface area contributed by atoms with E-state index in [0.717, 1.165) is 9.37 Å². The molecule has 1 aliphatic heterocycles. The summed E-state index contributed by atoms with van der Waals surface area (Å²) in [5.41, 5.74) is 1.73. The molecule has 32 heavy (non-hydrogen) atoms. The Labute approximate surface area is 198 Å². The summed E-state index contributed by atoms with van der Waals surface area (Å²) >= 11 is 4.70. The molecule has 162 valence electrons. The van der Waals surface area contributed by atoms with Gasteiger partial charge in [0.1, 0.15) is 5.75 Å². The molecule has 0 aliphatic carbocycles. The highest BCUT2D eigenvalue weighted by Crippen LogP contribution is 2.34. The molecule has 3 amide bonds. The van der Waals surface area contributed by atoms with Crippen LogP contribution in [0, 0.1) is 0 Å². The van der Waals surface area contributed by atoms with Crippen molar-refractivity contribution in [2.24, 2.45) is 0 Å². The lowest BCUT2D eigenvalue weighted by Crippen LogP contribution is -2.31. The van der Waals surface area contributed by atoms with Crippen LogP contribution in [0.5, 0.6) is 5.75 Å². The van der Waals surface area contributed by atoms with Crippen LogP contribution < -0.4 is 15.0 Å². The molecule has 1 atom stereocenters. The van der Waals surface area contributed by atoms with Crippen molar-refractivity contribution < 1.29 is 19.1 Å². The zero-order valence-corrected chi connectivity index (χ0v) is 19.5. The molecule has 1 unspecified atom stereocenters. The van der Waals surface area contributed by atoms with Gasteiger partial charge in [0.15, 0.2) is 0 Å². The molecule has 1 N–H and O–H groups in total. The molecule has 1 fully saturated rings. The number of imide groups is 1. The lowest BCUT2D eigenvalue weighted by molar-refractivity contribution is -0.121. The predicted molar refractivity (Wildman–Crippen MR) is 128 cm³/mol. The molecule has 3 aromatic rings. The van der Waals surface area contributed by atoms with Crippen molar-refractivity contribution in [3.8, 4) is 5.75 Å². The van der Waals surface area contributed by atoms with Crippen molar-refractivity contribution in [1.29, 1.82) is 0 Å². The zero-order chi connectivity index (χ0) is 22.7. The highest BCUT2D eigenvalue weighted by atomic mass is 79.9. The first-order valence-corrected chi connectivity index (χ1v) is 11.5. The van der Waals surface area contributed by atoms with Crippen molar-refractivity contribution in [1.82, 2.24) is 0 Å². The van der Waals surface area contributed by atoms with Crippen LogP contribution in [0.1, 0.15) is 16.8 Å². The summed E-state index contributed by atoms with van der Waals surface area (Å²) in [7, 11) is 1.57. The molecule has 0 radical (unpaired) electrons. The number of amides is 3. The molecule has 4 rings (SSSR count). The number of halogens is 1. The van der Waals surface area contributed by atoms with E-state index in [4.69, 9.17) is 4.74 Å². The van der Waals surface area contributed by atoms with Gasteiger partial charge in [-0.1, -0.05) is 15.9 Å². The van der Waals surface area contributed by atoms with Gasteiger partial charge >= 0.3 is 0 Å². The Morgan fingerprint density at radius 1 is 1.00 bits per heavy atom. The number of ether oxygens (including phenoxy) is 1. The van der Waals surface area contributed by atoms with Crippen molar-refractivity contribution >= 4 is 56.8 Å². The van der Waals surface area contributed by atoms with Gasteiger partial charge in [0.05, 0.1) is 18.0 Å². The maximum absolute atomic E-state index is 12.8. The number of carbonyl (C=O) groups is 3. The normalized spacial score (nSPS) is 15.7. The summed E-state index contributed by atoms with van der Waals surface area (Å²) in [6.45, 7) is 0. The van der Waals surface area contributed by atoms with Crippen LogP contribution >= 0.6 is 27.7 Å². The molecule has 3 aromatic carbocycles. The van der Waals surface area contributed by atoms with E-state index in [-0.39, 0.29) is 24.1 Å². The lowest BCUT2D eigenvalue weighted by Gasteiger charge is -2.15. The summed E-state index contributed by atoms with van der Waals surface area (Å²) in [5.74, 6) is 0.0220. The number of rotatable bonds is 6. The summed E-state index contributed by atoms with van der Waals surface area (Å²) in [6.07, 6.45) is 0.148. The summed E-state index contributed by atoms with van der Waals surface area (Å²) < 4.78 is 5.98. The van der Waals surface area contributed by atoms with Crippen molar-refractivity contribution in [3.05, 3.63) is 82.8 Å². The van der Waals surface area contributed by atoms with E-state index in [2.05, 4.69) is 21.2 Å². The summed E-state index contributed by atoms with van der Waals surface area (Å²) in [5, 5.41) is 2.36. The van der Waals surface area contributed by atoms with E-state index >= 15 is 0 Å². The van der Waals surface area contributed by atoms with Crippen LogP contribution in [-0.4, -0.2) is 30.1 Å². The van der Waals surface area contributed by atoms with Gasteiger partial charge < -0.3 is 10.1 Å². The van der Waals surface area contributed by atoms with Gasteiger partial charge in [-0.05, 0) is 72.8 Å². The SMILES string of the molecule is COc1ccc(C(=O)Nc2ccc(SC3CC(=O)N(c4ccc(Br)cc4)C3=O)cc2)cc1. The fraction of sp³-hybridized carbons (Fsp3) is 0.125. The van der Waals surface area contributed by atoms with Crippen LogP contribution in [-0.2, 0) is 9.59 Å². The monoisotopic (exact) mass is 510 g/mol. The minimum absolute atomic E-state index is 0.148. The first kappa shape index (κ1) is 22.1. The van der Waals surface area contributed by atoms with E-state index in [1.807, 2.05) is 12.1 Å². The van der Waals surface area contributed by atoms with Crippen LogP contribution in [0.25, 0.3) is 0 Å². The molecule has 0 spiro atoms. The largest absolute Gasteiger partial charge is 0.497 e. The van der Waals surface area contributed by atoms with Crippen LogP contribution in [0.2, 0.25) is 0 Å². The van der Waals surface area contributed by atoms with Gasteiger partial charge in [-0.15, -0.1) is 11.8 Å². The second-order valence-electron chi connectivity index (χ2n) is 7.06. The second kappa shape index (κ2) is 9.58. The van der Waals surface area contributed by atoms with E-state index in [1.54, 1.807) is 67.8 Å². The third-order valence-corrected chi connectivity index (χ3v) is 6.66. The number of hydrogen-bond acceptors (Lipinski definition) is 5. The number of hydrogen-bond donors (Lipinski definition) is 1. The van der Waals surface area contributed by atoms with Gasteiger partial charge in [-0.2, -0.15) is 0 Å². The number of nitrogens with zero attached hydrogens (tertiary/aromatic N) is 1. The lowest BCUT2D eigenvalue weighted by atomic mass is 10.2. The predicted octanol–water partition coefficient (Wildman–Crippen LogP) is 5.13. The Kier molecular flexibility index (Phi) is 6.62. The van der Waals surface area contributed by atoms with Gasteiger partial charge in [0.25, 0.3) is 5.91 Å². The first-order valence-electron chi connectivity index (χ1n) is 9.79. The Morgan fingerprint density at radius 3 is 2.28 bits per heavy atom. The fourth-order valence-electron chi connectivity index (χ4n) is 3.28. The Balaban J connectivity index is 1.39. The molecule has 1 aliphatic rings. The number of carbonyl (C=O) groups excluding carboxylic acids is 3. The smallest absolute Gasteiger partial charge is 0.255 e. The van der Waals surface area contributed by atoms with Crippen LogP contribution in [0.4, 0.5) is 11.4 Å². The van der Waals surface area contributed by atoms with Crippen molar-refractivity contribution in [2.45, 2.75) is 16.6 Å². The minimum atomic E-state index is -0.481. The van der Waals surface area contributed by atoms with E-state index in [1.165, 1.54) is 16.7 Å². The molecule has 8 heteroatoms. The maximum atomic E-state index is 12.8. The standard InChI is InChI=1S/C24H19BrN2O4S/c1-31-19-10-2-15(3-11-19)23(29)26-17-6-12-20(13-7-17)32-21-14-22(28)27(24(21)30)18-8-4-16(25)5-9-18/h2-13,21H,14H2,1H3,(H,26,29). The highest BCUT2D eigenvalue weighted by Gasteiger charge is 2.40. The fourth-order valence-corrected chi connectivity index (χ4v) is 4.60. The number of methoxy groups -OCH3 is 1. The maximum Gasteiger partial charge on any atom is 0.255 e. The number of benzene rings is 3. The molecule has 6 nitrogen and oxygen atoms in total. The quantitative estimate of drug-likeness (QED) is 0.465. The van der Waals surface area contributed by atoms with E-state index in [0.29, 0.717) is 22.7 Å². The third kappa shape index (κ3) is 4.87. The molecule has 1 heterocycles. The van der Waals surface area contributed by atoms with Crippen molar-refractivity contribution in [3.63, 3.8) is 0 Å². The molecule has 0 bridgehead atoms. The molecule has 1 saturated heterocycles. The second-order valence-corrected chi connectivity index (χ2v) is 9.25. The van der Waals surface area contributed by atoms with Crippen molar-refractivity contribution in [2.75, 3.05) is 17.3 Å². The molecular weight excluding hydrogens is 492 g/mol. The Morgan fingerprint density at radius 2 is 1.66 bits per heavy atom. The first-order chi connectivity index (χ1) is 15.4. The average molecular weight is 511 g/mol. The zero-order valence-electron chi connectivity index (χ0n) is 17.1. The summed E-state index contributed by atoms with van der Waals surface area (Å²) in [6, 6.07) is 21.1. The van der Waals surface area contributed by atoms with Gasteiger partial charge in [0.2, 0.25) is 11.8 Å². The van der Waals surface area contributed by atoms with Crippen LogP contribution in [0.3, 0.4) is 0 Å². The minimum Gasteiger partial charge on any atom is -0.497 e. The Hall–Kier alpha value is -3.10. The highest BCUT2D eigenvalue weighted by molar-refractivity contribution is 9.10. The Bertz CT molecular complexity index is 1150. The van der Waals surface area contributed by atoms with Gasteiger partial charge in [-0.3, -0.25) is 14.4 Å². The molecule has 0 saturated carbocycles.